The van der Waals surface area contributed by atoms with Gasteiger partial charge in [-0.15, -0.1) is 0 Å². The molecule has 39 heavy (non-hydrogen) atoms. The van der Waals surface area contributed by atoms with Crippen molar-refractivity contribution in [1.82, 2.24) is 14.5 Å². The van der Waals surface area contributed by atoms with Gasteiger partial charge in [-0.2, -0.15) is 13.9 Å². The zero-order valence-corrected chi connectivity index (χ0v) is 22.2. The number of methoxy groups -OCH3 is 1. The van der Waals surface area contributed by atoms with E-state index in [4.69, 9.17) is 18.9 Å². The summed E-state index contributed by atoms with van der Waals surface area (Å²) < 4.78 is 63.5. The highest BCUT2D eigenvalue weighted by atomic mass is 19.3. The van der Waals surface area contributed by atoms with E-state index in [1.807, 2.05) is 26.0 Å². The Morgan fingerprint density at radius 1 is 1.21 bits per heavy atom. The molecular weight excluding hydrogens is 515 g/mol. The van der Waals surface area contributed by atoms with Crippen LogP contribution in [0.15, 0.2) is 36.7 Å². The number of ketones is 1. The van der Waals surface area contributed by atoms with Crippen molar-refractivity contribution in [3.63, 3.8) is 0 Å². The van der Waals surface area contributed by atoms with Crippen LogP contribution in [0.25, 0.3) is 16.6 Å². The molecule has 1 aliphatic carbocycles. The standard InChI is InChI=1S/C28H32F3N3O5/c1-28(2,16-33-6-8-37-9-7-33)39-19-4-5-22-20(14-32-34(22)15-19)17-12-24(36-3)26(25(13-17)38-27(30)31)23(35)11-18-10-21(18)29/h4-5,12-15,18,21,27H,6-11,16H2,1-3H3/t18-,21-/m0/s1. The first-order valence-electron chi connectivity index (χ1n) is 12.9. The van der Waals surface area contributed by atoms with Gasteiger partial charge in [0.15, 0.2) is 5.78 Å². The van der Waals surface area contributed by atoms with E-state index in [1.165, 1.54) is 13.2 Å². The van der Waals surface area contributed by atoms with Crippen molar-refractivity contribution in [2.45, 2.75) is 45.1 Å². The van der Waals surface area contributed by atoms with Gasteiger partial charge in [-0.3, -0.25) is 9.69 Å². The zero-order chi connectivity index (χ0) is 27.7. The van der Waals surface area contributed by atoms with E-state index in [-0.39, 0.29) is 29.9 Å². The summed E-state index contributed by atoms with van der Waals surface area (Å²) in [6.07, 6.45) is 2.50. The highest BCUT2D eigenvalue weighted by molar-refractivity contribution is 6.03. The second-order valence-electron chi connectivity index (χ2n) is 10.6. The Bertz CT molecular complexity index is 1340. The third kappa shape index (κ3) is 6.30. The second-order valence-corrected chi connectivity index (χ2v) is 10.6. The largest absolute Gasteiger partial charge is 0.496 e. The van der Waals surface area contributed by atoms with Crippen molar-refractivity contribution in [2.24, 2.45) is 5.92 Å². The fourth-order valence-electron chi connectivity index (χ4n) is 5.03. The Labute approximate surface area is 224 Å². The van der Waals surface area contributed by atoms with Crippen LogP contribution in [-0.2, 0) is 4.74 Å². The molecule has 210 valence electrons. The fraction of sp³-hybridized carbons (Fsp3) is 0.500. The number of nitrogens with zero attached hydrogens (tertiary/aromatic N) is 3. The highest BCUT2D eigenvalue weighted by Gasteiger charge is 2.40. The number of hydrogen-bond acceptors (Lipinski definition) is 7. The van der Waals surface area contributed by atoms with Gasteiger partial charge < -0.3 is 18.9 Å². The second kappa shape index (κ2) is 11.1. The number of hydrogen-bond donors (Lipinski definition) is 0. The maximum Gasteiger partial charge on any atom is 0.387 e. The van der Waals surface area contributed by atoms with Gasteiger partial charge in [0.2, 0.25) is 0 Å². The number of fused-ring (bicyclic) bond motifs is 1. The van der Waals surface area contributed by atoms with Gasteiger partial charge in [0, 0.05) is 37.5 Å². The predicted octanol–water partition coefficient (Wildman–Crippen LogP) is 5.03. The SMILES string of the molecule is COc1cc(-c2cnn3cc(OC(C)(C)CN4CCOCC4)ccc23)cc(OC(F)F)c1C(=O)C[C@@H]1C[C@@H]1F. The monoisotopic (exact) mass is 547 g/mol. The van der Waals surface area contributed by atoms with Crippen LogP contribution >= 0.6 is 0 Å². The molecule has 1 saturated heterocycles. The third-order valence-corrected chi connectivity index (χ3v) is 6.97. The number of rotatable bonds is 11. The average molecular weight is 548 g/mol. The summed E-state index contributed by atoms with van der Waals surface area (Å²) in [5, 5.41) is 4.43. The summed E-state index contributed by atoms with van der Waals surface area (Å²) in [5.41, 5.74) is 1.22. The number of ether oxygens (including phenoxy) is 4. The summed E-state index contributed by atoms with van der Waals surface area (Å²) in [7, 11) is 1.34. The van der Waals surface area contributed by atoms with Crippen LogP contribution in [0.1, 0.15) is 37.0 Å². The maximum atomic E-state index is 13.4. The molecule has 0 unspecified atom stereocenters. The summed E-state index contributed by atoms with van der Waals surface area (Å²) in [6.45, 7) is 4.77. The van der Waals surface area contributed by atoms with Crippen LogP contribution in [0.3, 0.4) is 0 Å². The number of Topliss-reactive ketones (excluding diaryl/α,β-unsaturated/α-hetero) is 1. The van der Waals surface area contributed by atoms with Crippen LogP contribution in [0.2, 0.25) is 0 Å². The van der Waals surface area contributed by atoms with Crippen molar-refractivity contribution in [1.29, 1.82) is 0 Å². The molecule has 5 rings (SSSR count). The molecule has 1 saturated carbocycles. The molecule has 8 nitrogen and oxygen atoms in total. The molecule has 0 spiro atoms. The summed E-state index contributed by atoms with van der Waals surface area (Å²) in [4.78, 5) is 15.2. The molecule has 3 aromatic rings. The third-order valence-electron chi connectivity index (χ3n) is 6.97. The predicted molar refractivity (Wildman–Crippen MR) is 138 cm³/mol. The molecule has 2 aromatic heterocycles. The van der Waals surface area contributed by atoms with Crippen molar-refractivity contribution in [3.05, 3.63) is 42.2 Å². The quantitative estimate of drug-likeness (QED) is 0.312. The Balaban J connectivity index is 1.42. The summed E-state index contributed by atoms with van der Waals surface area (Å²) in [5.74, 6) is -0.517. The van der Waals surface area contributed by atoms with Gasteiger partial charge in [0.1, 0.15) is 34.6 Å². The summed E-state index contributed by atoms with van der Waals surface area (Å²) in [6, 6.07) is 6.61. The van der Waals surface area contributed by atoms with E-state index in [1.54, 1.807) is 23.0 Å². The molecule has 0 bridgehead atoms. The summed E-state index contributed by atoms with van der Waals surface area (Å²) >= 11 is 0. The maximum absolute atomic E-state index is 13.4. The van der Waals surface area contributed by atoms with Crippen molar-refractivity contribution >= 4 is 11.3 Å². The lowest BCUT2D eigenvalue weighted by molar-refractivity contribution is -0.0502. The van der Waals surface area contributed by atoms with E-state index < -0.39 is 30.1 Å². The zero-order valence-electron chi connectivity index (χ0n) is 22.2. The van der Waals surface area contributed by atoms with Gasteiger partial charge in [-0.1, -0.05) is 0 Å². The van der Waals surface area contributed by atoms with Crippen molar-refractivity contribution < 1.29 is 36.9 Å². The van der Waals surface area contributed by atoms with Gasteiger partial charge in [0.05, 0.1) is 38.2 Å². The number of benzene rings is 1. The van der Waals surface area contributed by atoms with E-state index in [0.29, 0.717) is 35.6 Å². The lowest BCUT2D eigenvalue weighted by Crippen LogP contribution is -2.47. The van der Waals surface area contributed by atoms with Crippen molar-refractivity contribution in [3.8, 4) is 28.4 Å². The van der Waals surface area contributed by atoms with E-state index in [0.717, 1.165) is 19.6 Å². The minimum atomic E-state index is -3.16. The number of pyridine rings is 1. The minimum absolute atomic E-state index is 0.0772. The first-order chi connectivity index (χ1) is 18.6. The first-order valence-corrected chi connectivity index (χ1v) is 12.9. The minimum Gasteiger partial charge on any atom is -0.496 e. The van der Waals surface area contributed by atoms with Gasteiger partial charge in [-0.25, -0.2) is 8.91 Å². The molecular formula is C28H32F3N3O5. The molecule has 2 fully saturated rings. The van der Waals surface area contributed by atoms with E-state index in [9.17, 15) is 18.0 Å². The van der Waals surface area contributed by atoms with Gasteiger partial charge >= 0.3 is 6.61 Å². The number of alkyl halides is 3. The number of halogens is 3. The molecule has 0 N–H and O–H groups in total. The lowest BCUT2D eigenvalue weighted by Gasteiger charge is -2.35. The molecule has 1 aliphatic heterocycles. The van der Waals surface area contributed by atoms with E-state index >= 15 is 0 Å². The first kappa shape index (κ1) is 27.3. The van der Waals surface area contributed by atoms with Crippen LogP contribution in [0, 0.1) is 5.92 Å². The van der Waals surface area contributed by atoms with Crippen LogP contribution < -0.4 is 14.2 Å². The Morgan fingerprint density at radius 2 is 1.92 bits per heavy atom. The van der Waals surface area contributed by atoms with Crippen LogP contribution in [0.4, 0.5) is 13.2 Å². The molecule has 0 radical (unpaired) electrons. The van der Waals surface area contributed by atoms with Crippen molar-refractivity contribution in [2.75, 3.05) is 40.0 Å². The van der Waals surface area contributed by atoms with Gasteiger partial charge in [-0.05, 0) is 50.1 Å². The normalized spacial score (nSPS) is 19.9. The number of morpholine rings is 1. The lowest BCUT2D eigenvalue weighted by atomic mass is 9.98. The molecule has 2 aliphatic rings. The topological polar surface area (TPSA) is 74.5 Å². The number of carbonyl (C=O) groups is 1. The smallest absolute Gasteiger partial charge is 0.387 e. The van der Waals surface area contributed by atoms with Crippen LogP contribution in [-0.4, -0.2) is 78.6 Å². The number of carbonyl (C=O) groups excluding carboxylic acids is 1. The molecule has 0 amide bonds. The van der Waals surface area contributed by atoms with E-state index in [2.05, 4.69) is 10.00 Å². The van der Waals surface area contributed by atoms with Gasteiger partial charge in [0.25, 0.3) is 0 Å². The molecule has 2 atom stereocenters. The van der Waals surface area contributed by atoms with Crippen LogP contribution in [0.5, 0.6) is 17.2 Å². The average Bonchev–Trinajstić information content (AvgIpc) is 3.40. The molecule has 3 heterocycles. The molecule has 1 aromatic carbocycles. The Kier molecular flexibility index (Phi) is 7.73. The fourth-order valence-corrected chi connectivity index (χ4v) is 5.03. The highest BCUT2D eigenvalue weighted by Crippen LogP contribution is 2.42. The Morgan fingerprint density at radius 3 is 2.59 bits per heavy atom. The number of aromatic nitrogens is 2. The molecule has 11 heteroatoms. The Hall–Kier alpha value is -3.31.